The number of anilines is 2. The summed E-state index contributed by atoms with van der Waals surface area (Å²) >= 11 is 0. The normalized spacial score (nSPS) is 19.0. The Balaban J connectivity index is 1.40. The summed E-state index contributed by atoms with van der Waals surface area (Å²) in [5.41, 5.74) is 1.14. The van der Waals surface area contributed by atoms with E-state index in [4.69, 9.17) is 9.15 Å². The molecule has 0 saturated heterocycles. The molecule has 1 aromatic carbocycles. The molecule has 150 valence electrons. The minimum atomic E-state index is -0.347. The largest absolute Gasteiger partial charge is 0.459 e. The topological polar surface area (TPSA) is 92.6 Å². The van der Waals surface area contributed by atoms with E-state index < -0.39 is 0 Å². The number of hydrogen-bond donors (Lipinski definition) is 3. The molecule has 1 aliphatic rings. The van der Waals surface area contributed by atoms with E-state index >= 15 is 0 Å². The van der Waals surface area contributed by atoms with Gasteiger partial charge in [-0.3, -0.25) is 4.79 Å². The first-order valence-corrected chi connectivity index (χ1v) is 9.73. The van der Waals surface area contributed by atoms with Crippen LogP contribution in [0, 0.1) is 5.92 Å². The fourth-order valence-corrected chi connectivity index (χ4v) is 3.36. The van der Waals surface area contributed by atoms with Crippen molar-refractivity contribution in [3.63, 3.8) is 0 Å². The quantitative estimate of drug-likeness (QED) is 0.621. The predicted molar refractivity (Wildman–Crippen MR) is 107 cm³/mol. The van der Waals surface area contributed by atoms with Gasteiger partial charge in [-0.2, -0.15) is 0 Å². The van der Waals surface area contributed by atoms with Crippen molar-refractivity contribution >= 4 is 23.3 Å². The SMILES string of the molecule is C[C@H]1CCCC[C@H]1OCCNC(=O)Nc1cccc(NC(=O)c2ccco2)c1. The number of benzene rings is 1. The van der Waals surface area contributed by atoms with E-state index in [2.05, 4.69) is 22.9 Å². The molecule has 7 nitrogen and oxygen atoms in total. The molecule has 0 bridgehead atoms. The van der Waals surface area contributed by atoms with E-state index in [1.54, 1.807) is 36.4 Å². The van der Waals surface area contributed by atoms with Gasteiger partial charge in [0, 0.05) is 17.9 Å². The maximum Gasteiger partial charge on any atom is 0.319 e. The average molecular weight is 385 g/mol. The summed E-state index contributed by atoms with van der Waals surface area (Å²) in [4.78, 5) is 24.1. The Morgan fingerprint density at radius 2 is 1.89 bits per heavy atom. The third kappa shape index (κ3) is 5.85. The van der Waals surface area contributed by atoms with Crippen LogP contribution in [0.5, 0.6) is 0 Å². The van der Waals surface area contributed by atoms with E-state index in [-0.39, 0.29) is 17.7 Å². The zero-order chi connectivity index (χ0) is 19.8. The Labute approximate surface area is 164 Å². The molecule has 28 heavy (non-hydrogen) atoms. The standard InChI is InChI=1S/C21H27N3O4/c1-15-6-2-3-9-18(15)28-13-11-22-21(26)24-17-8-4-7-16(14-17)23-20(25)19-10-5-12-27-19/h4-5,7-8,10,12,14-15,18H,2-3,6,9,11,13H2,1H3,(H,23,25)(H2,22,24,26)/t15-,18+/m0/s1. The van der Waals surface area contributed by atoms with Crippen LogP contribution in [0.4, 0.5) is 16.2 Å². The fraction of sp³-hybridized carbons (Fsp3) is 0.429. The molecule has 1 aliphatic carbocycles. The second-order valence-corrected chi connectivity index (χ2v) is 7.06. The summed E-state index contributed by atoms with van der Waals surface area (Å²) in [6.45, 7) is 3.17. The Hall–Kier alpha value is -2.80. The van der Waals surface area contributed by atoms with E-state index in [1.807, 2.05) is 0 Å². The van der Waals surface area contributed by atoms with E-state index in [1.165, 1.54) is 25.5 Å². The summed E-state index contributed by atoms with van der Waals surface area (Å²) in [5.74, 6) is 0.464. The van der Waals surface area contributed by atoms with Crippen LogP contribution in [0.1, 0.15) is 43.2 Å². The number of rotatable bonds is 7. The molecule has 3 amide bonds. The number of ether oxygens (including phenoxy) is 1. The van der Waals surface area contributed by atoms with Gasteiger partial charge in [0.25, 0.3) is 5.91 Å². The Morgan fingerprint density at radius 3 is 2.64 bits per heavy atom. The Morgan fingerprint density at radius 1 is 1.11 bits per heavy atom. The molecule has 1 saturated carbocycles. The van der Waals surface area contributed by atoms with E-state index in [0.29, 0.717) is 36.5 Å². The molecule has 1 aromatic heterocycles. The third-order valence-electron chi connectivity index (χ3n) is 4.88. The Kier molecular flexibility index (Phi) is 7.08. The number of urea groups is 1. The van der Waals surface area contributed by atoms with E-state index in [0.717, 1.165) is 6.42 Å². The van der Waals surface area contributed by atoms with Gasteiger partial charge in [-0.05, 0) is 49.1 Å². The van der Waals surface area contributed by atoms with Crippen molar-refractivity contribution in [2.75, 3.05) is 23.8 Å². The predicted octanol–water partition coefficient (Wildman–Crippen LogP) is 4.25. The van der Waals surface area contributed by atoms with Crippen LogP contribution in [-0.2, 0) is 4.74 Å². The molecule has 7 heteroatoms. The highest BCUT2D eigenvalue weighted by Gasteiger charge is 2.21. The molecule has 1 fully saturated rings. The lowest BCUT2D eigenvalue weighted by Crippen LogP contribution is -2.34. The van der Waals surface area contributed by atoms with Gasteiger partial charge in [0.05, 0.1) is 19.0 Å². The molecule has 0 radical (unpaired) electrons. The first-order chi connectivity index (χ1) is 13.6. The van der Waals surface area contributed by atoms with Gasteiger partial charge in [0.1, 0.15) is 0 Å². The van der Waals surface area contributed by atoms with Crippen LogP contribution in [-0.4, -0.2) is 31.2 Å². The molecule has 0 spiro atoms. The number of hydrogen-bond acceptors (Lipinski definition) is 4. The summed E-state index contributed by atoms with van der Waals surface area (Å²) in [5, 5.41) is 8.27. The van der Waals surface area contributed by atoms with Gasteiger partial charge < -0.3 is 25.1 Å². The number of carbonyl (C=O) groups is 2. The molecular formula is C21H27N3O4. The molecule has 1 heterocycles. The van der Waals surface area contributed by atoms with Gasteiger partial charge in [-0.25, -0.2) is 4.79 Å². The highest BCUT2D eigenvalue weighted by atomic mass is 16.5. The molecule has 3 rings (SSSR count). The van der Waals surface area contributed by atoms with Crippen molar-refractivity contribution in [2.45, 2.75) is 38.7 Å². The van der Waals surface area contributed by atoms with Crippen LogP contribution in [0.3, 0.4) is 0 Å². The number of carbonyl (C=O) groups excluding carboxylic acids is 2. The number of furan rings is 1. The van der Waals surface area contributed by atoms with Crippen molar-refractivity contribution in [3.05, 3.63) is 48.4 Å². The molecule has 2 aromatic rings. The summed E-state index contributed by atoms with van der Waals surface area (Å²) in [6.07, 6.45) is 6.55. The van der Waals surface area contributed by atoms with Crippen molar-refractivity contribution in [2.24, 2.45) is 5.92 Å². The lowest BCUT2D eigenvalue weighted by atomic mass is 9.88. The lowest BCUT2D eigenvalue weighted by molar-refractivity contribution is -0.00232. The lowest BCUT2D eigenvalue weighted by Gasteiger charge is -2.28. The zero-order valence-corrected chi connectivity index (χ0v) is 16.1. The Bertz CT molecular complexity index is 776. The molecule has 2 atom stereocenters. The van der Waals surface area contributed by atoms with Gasteiger partial charge in [0.15, 0.2) is 5.76 Å². The molecule has 0 unspecified atom stereocenters. The number of amides is 3. The first-order valence-electron chi connectivity index (χ1n) is 9.73. The maximum absolute atomic E-state index is 12.1. The molecule has 3 N–H and O–H groups in total. The van der Waals surface area contributed by atoms with Crippen molar-refractivity contribution < 1.29 is 18.7 Å². The maximum atomic E-state index is 12.1. The number of nitrogens with one attached hydrogen (secondary N) is 3. The van der Waals surface area contributed by atoms with Crippen molar-refractivity contribution in [1.29, 1.82) is 0 Å². The summed E-state index contributed by atoms with van der Waals surface area (Å²) in [6, 6.07) is 9.85. The molecular weight excluding hydrogens is 358 g/mol. The second kappa shape index (κ2) is 9.94. The summed E-state index contributed by atoms with van der Waals surface area (Å²) < 4.78 is 11.0. The van der Waals surface area contributed by atoms with Crippen LogP contribution in [0.15, 0.2) is 47.1 Å². The van der Waals surface area contributed by atoms with Crippen LogP contribution < -0.4 is 16.0 Å². The van der Waals surface area contributed by atoms with Crippen molar-refractivity contribution in [1.82, 2.24) is 5.32 Å². The summed E-state index contributed by atoms with van der Waals surface area (Å²) in [7, 11) is 0. The minimum Gasteiger partial charge on any atom is -0.459 e. The van der Waals surface area contributed by atoms with Gasteiger partial charge in [-0.1, -0.05) is 25.8 Å². The highest BCUT2D eigenvalue weighted by molar-refractivity contribution is 6.02. The van der Waals surface area contributed by atoms with Gasteiger partial charge in [0.2, 0.25) is 0 Å². The van der Waals surface area contributed by atoms with Crippen LogP contribution in [0.2, 0.25) is 0 Å². The molecule has 0 aliphatic heterocycles. The smallest absolute Gasteiger partial charge is 0.319 e. The minimum absolute atomic E-state index is 0.225. The zero-order valence-electron chi connectivity index (χ0n) is 16.1. The third-order valence-corrected chi connectivity index (χ3v) is 4.88. The monoisotopic (exact) mass is 385 g/mol. The van der Waals surface area contributed by atoms with Crippen molar-refractivity contribution in [3.8, 4) is 0 Å². The van der Waals surface area contributed by atoms with E-state index in [9.17, 15) is 9.59 Å². The van der Waals surface area contributed by atoms with Gasteiger partial charge in [-0.15, -0.1) is 0 Å². The highest BCUT2D eigenvalue weighted by Crippen LogP contribution is 2.26. The average Bonchev–Trinajstić information content (AvgIpc) is 3.22. The van der Waals surface area contributed by atoms with Crippen LogP contribution >= 0.6 is 0 Å². The first kappa shape index (κ1) is 19.9. The van der Waals surface area contributed by atoms with Gasteiger partial charge >= 0.3 is 6.03 Å². The second-order valence-electron chi connectivity index (χ2n) is 7.06. The van der Waals surface area contributed by atoms with Crippen LogP contribution in [0.25, 0.3) is 0 Å². The fourth-order valence-electron chi connectivity index (χ4n) is 3.36.